The summed E-state index contributed by atoms with van der Waals surface area (Å²) in [6.07, 6.45) is 0. The summed E-state index contributed by atoms with van der Waals surface area (Å²) in [5, 5.41) is 4.92. The summed E-state index contributed by atoms with van der Waals surface area (Å²) in [6.45, 7) is 0.360. The van der Waals surface area contributed by atoms with E-state index in [1.165, 1.54) is 17.4 Å². The van der Waals surface area contributed by atoms with E-state index in [0.29, 0.717) is 27.1 Å². The molecule has 2 N–H and O–H groups in total. The number of nitrogens with one attached hydrogen (secondary N) is 2. The van der Waals surface area contributed by atoms with Crippen molar-refractivity contribution in [3.63, 3.8) is 0 Å². The number of fused-ring (bicyclic) bond motifs is 1. The van der Waals surface area contributed by atoms with Crippen LogP contribution in [0.4, 0.5) is 10.1 Å². The third kappa shape index (κ3) is 2.59. The van der Waals surface area contributed by atoms with Gasteiger partial charge in [-0.25, -0.2) is 9.37 Å². The molecule has 20 heavy (non-hydrogen) atoms. The number of hydrogen-bond acceptors (Lipinski definition) is 4. The smallest absolute Gasteiger partial charge is 0.268 e. The Morgan fingerprint density at radius 1 is 1.40 bits per heavy atom. The van der Waals surface area contributed by atoms with E-state index in [4.69, 9.17) is 0 Å². The Labute approximate surface area is 125 Å². The molecule has 0 unspecified atom stereocenters. The number of aromatic nitrogens is 2. The summed E-state index contributed by atoms with van der Waals surface area (Å²) in [5.74, 6) is 0.225. The van der Waals surface area contributed by atoms with Crippen molar-refractivity contribution in [3.05, 3.63) is 56.1 Å². The van der Waals surface area contributed by atoms with Crippen LogP contribution >= 0.6 is 27.3 Å². The molecule has 1 aromatic carbocycles. The van der Waals surface area contributed by atoms with Crippen LogP contribution in [0, 0.1) is 5.82 Å². The van der Waals surface area contributed by atoms with Crippen molar-refractivity contribution in [2.45, 2.75) is 6.54 Å². The SMILES string of the molecule is O=c1[nH]c(CNc2ccc(F)c(Br)c2)nc2ccsc12. The predicted octanol–water partition coefficient (Wildman–Crippen LogP) is 3.50. The van der Waals surface area contributed by atoms with E-state index in [2.05, 4.69) is 31.2 Å². The lowest BCUT2D eigenvalue weighted by Crippen LogP contribution is -2.13. The average Bonchev–Trinajstić information content (AvgIpc) is 2.89. The maximum atomic E-state index is 13.1. The van der Waals surface area contributed by atoms with Gasteiger partial charge in [0.25, 0.3) is 5.56 Å². The largest absolute Gasteiger partial charge is 0.378 e. The third-order valence-electron chi connectivity index (χ3n) is 2.74. The molecule has 2 heterocycles. The molecule has 0 spiro atoms. The van der Waals surface area contributed by atoms with Gasteiger partial charge in [0.05, 0.1) is 16.5 Å². The molecule has 0 amide bonds. The second kappa shape index (κ2) is 5.34. The van der Waals surface area contributed by atoms with Crippen molar-refractivity contribution >= 4 is 43.2 Å². The zero-order valence-electron chi connectivity index (χ0n) is 10.1. The normalized spacial score (nSPS) is 10.9. The van der Waals surface area contributed by atoms with Gasteiger partial charge in [-0.1, -0.05) is 0 Å². The number of H-pyrrole nitrogens is 1. The molecule has 2 aromatic heterocycles. The standard InChI is InChI=1S/C13H9BrFN3OS/c14-8-5-7(1-2-9(8)15)16-6-11-17-10-3-4-20-12(10)13(19)18-11/h1-5,16H,6H2,(H,17,18,19). The Kier molecular flexibility index (Phi) is 3.54. The van der Waals surface area contributed by atoms with Crippen LogP contribution in [0.2, 0.25) is 0 Å². The first-order chi connectivity index (χ1) is 9.63. The lowest BCUT2D eigenvalue weighted by atomic mass is 10.3. The molecule has 0 aliphatic rings. The number of hydrogen-bond donors (Lipinski definition) is 2. The van der Waals surface area contributed by atoms with E-state index in [1.54, 1.807) is 12.1 Å². The highest BCUT2D eigenvalue weighted by Gasteiger charge is 2.05. The molecule has 7 heteroatoms. The first-order valence-corrected chi connectivity index (χ1v) is 7.46. The van der Waals surface area contributed by atoms with E-state index in [9.17, 15) is 9.18 Å². The van der Waals surface area contributed by atoms with Crippen LogP contribution in [0.5, 0.6) is 0 Å². The minimum atomic E-state index is -0.318. The first-order valence-electron chi connectivity index (χ1n) is 5.79. The highest BCUT2D eigenvalue weighted by Crippen LogP contribution is 2.20. The second-order valence-corrected chi connectivity index (χ2v) is 5.90. The summed E-state index contributed by atoms with van der Waals surface area (Å²) in [6, 6.07) is 6.44. The molecule has 3 aromatic rings. The number of benzene rings is 1. The summed E-state index contributed by atoms with van der Waals surface area (Å²) in [5.41, 5.74) is 1.30. The average molecular weight is 354 g/mol. The van der Waals surface area contributed by atoms with Gasteiger partial charge in [0.1, 0.15) is 16.3 Å². The Bertz CT molecular complexity index is 830. The van der Waals surface area contributed by atoms with Gasteiger partial charge in [-0.05, 0) is 45.6 Å². The van der Waals surface area contributed by atoms with E-state index in [1.807, 2.05) is 11.4 Å². The maximum absolute atomic E-state index is 13.1. The molecular formula is C13H9BrFN3OS. The Morgan fingerprint density at radius 3 is 3.05 bits per heavy atom. The molecule has 3 rings (SSSR count). The van der Waals surface area contributed by atoms with Gasteiger partial charge < -0.3 is 10.3 Å². The highest BCUT2D eigenvalue weighted by molar-refractivity contribution is 9.10. The number of halogens is 2. The van der Waals surface area contributed by atoms with Crippen LogP contribution in [-0.4, -0.2) is 9.97 Å². The zero-order chi connectivity index (χ0) is 14.1. The van der Waals surface area contributed by atoms with E-state index >= 15 is 0 Å². The van der Waals surface area contributed by atoms with Gasteiger partial charge in [-0.15, -0.1) is 11.3 Å². The Balaban J connectivity index is 1.82. The van der Waals surface area contributed by atoms with Crippen molar-refractivity contribution in [3.8, 4) is 0 Å². The summed E-state index contributed by atoms with van der Waals surface area (Å²) >= 11 is 4.49. The molecule has 0 saturated heterocycles. The molecular weight excluding hydrogens is 345 g/mol. The van der Waals surface area contributed by atoms with Crippen LogP contribution in [-0.2, 0) is 6.54 Å². The molecule has 0 bridgehead atoms. The fourth-order valence-electron chi connectivity index (χ4n) is 1.80. The number of rotatable bonds is 3. The van der Waals surface area contributed by atoms with Gasteiger partial charge in [0, 0.05) is 5.69 Å². The molecule has 0 radical (unpaired) electrons. The molecule has 0 saturated carbocycles. The number of nitrogens with zero attached hydrogens (tertiary/aromatic N) is 1. The number of thiophene rings is 1. The topological polar surface area (TPSA) is 57.8 Å². The van der Waals surface area contributed by atoms with E-state index in [-0.39, 0.29) is 11.4 Å². The van der Waals surface area contributed by atoms with Crippen molar-refractivity contribution in [2.24, 2.45) is 0 Å². The Hall–Kier alpha value is -1.73. The number of anilines is 1. The highest BCUT2D eigenvalue weighted by atomic mass is 79.9. The van der Waals surface area contributed by atoms with Crippen LogP contribution in [0.25, 0.3) is 10.2 Å². The van der Waals surface area contributed by atoms with Crippen molar-refractivity contribution in [1.82, 2.24) is 9.97 Å². The molecule has 0 aliphatic heterocycles. The van der Waals surface area contributed by atoms with Crippen molar-refractivity contribution < 1.29 is 4.39 Å². The summed E-state index contributed by atoms with van der Waals surface area (Å²) in [4.78, 5) is 18.9. The van der Waals surface area contributed by atoms with Crippen LogP contribution < -0.4 is 10.9 Å². The fraction of sp³-hybridized carbons (Fsp3) is 0.0769. The van der Waals surface area contributed by atoms with E-state index in [0.717, 1.165) is 5.69 Å². The van der Waals surface area contributed by atoms with Crippen LogP contribution in [0.1, 0.15) is 5.82 Å². The minimum Gasteiger partial charge on any atom is -0.378 e. The maximum Gasteiger partial charge on any atom is 0.268 e. The van der Waals surface area contributed by atoms with Gasteiger partial charge >= 0.3 is 0 Å². The molecule has 102 valence electrons. The van der Waals surface area contributed by atoms with Gasteiger partial charge in [0.15, 0.2) is 0 Å². The first kappa shape index (κ1) is 13.3. The van der Waals surface area contributed by atoms with E-state index < -0.39 is 0 Å². The quantitative estimate of drug-likeness (QED) is 0.757. The summed E-state index contributed by atoms with van der Waals surface area (Å²) in [7, 11) is 0. The van der Waals surface area contributed by atoms with Gasteiger partial charge in [-0.3, -0.25) is 4.79 Å². The number of aromatic amines is 1. The monoisotopic (exact) mass is 353 g/mol. The summed E-state index contributed by atoms with van der Waals surface area (Å²) < 4.78 is 14.1. The lowest BCUT2D eigenvalue weighted by molar-refractivity contribution is 0.621. The zero-order valence-corrected chi connectivity index (χ0v) is 12.5. The third-order valence-corrected chi connectivity index (χ3v) is 4.25. The molecule has 4 nitrogen and oxygen atoms in total. The second-order valence-electron chi connectivity index (χ2n) is 4.13. The molecule has 0 atom stereocenters. The van der Waals surface area contributed by atoms with Crippen LogP contribution in [0.15, 0.2) is 38.9 Å². The molecule has 0 aliphatic carbocycles. The fourth-order valence-corrected chi connectivity index (χ4v) is 2.90. The molecule has 0 fully saturated rings. The lowest BCUT2D eigenvalue weighted by Gasteiger charge is -2.06. The Morgan fingerprint density at radius 2 is 2.25 bits per heavy atom. The van der Waals surface area contributed by atoms with Gasteiger partial charge in [0.2, 0.25) is 0 Å². The van der Waals surface area contributed by atoms with Crippen molar-refractivity contribution in [2.75, 3.05) is 5.32 Å². The predicted molar refractivity (Wildman–Crippen MR) is 81.7 cm³/mol. The van der Waals surface area contributed by atoms with Crippen molar-refractivity contribution in [1.29, 1.82) is 0 Å². The minimum absolute atomic E-state index is 0.137. The van der Waals surface area contributed by atoms with Crippen LogP contribution in [0.3, 0.4) is 0 Å². The van der Waals surface area contributed by atoms with Gasteiger partial charge in [-0.2, -0.15) is 0 Å².